The summed E-state index contributed by atoms with van der Waals surface area (Å²) in [6.45, 7) is 4.42. The normalized spacial score (nSPS) is 10.6. The van der Waals surface area contributed by atoms with Crippen LogP contribution in [0.2, 0.25) is 0 Å². The molecule has 1 heterocycles. The highest BCUT2D eigenvalue weighted by atomic mass is 79.9. The molecule has 4 heteroatoms. The molecule has 0 N–H and O–H groups in total. The summed E-state index contributed by atoms with van der Waals surface area (Å²) in [7, 11) is 1.68. The van der Waals surface area contributed by atoms with Crippen LogP contribution in [0.4, 0.5) is 0 Å². The van der Waals surface area contributed by atoms with Gasteiger partial charge in [-0.3, -0.25) is 0 Å². The van der Waals surface area contributed by atoms with Gasteiger partial charge in [0.1, 0.15) is 5.75 Å². The maximum atomic E-state index is 5.25. The molecular weight excluding hydrogens is 442 g/mol. The summed E-state index contributed by atoms with van der Waals surface area (Å²) in [5.74, 6) is 0.866. The summed E-state index contributed by atoms with van der Waals surface area (Å²) in [6.07, 6.45) is 4.08. The second-order valence-electron chi connectivity index (χ2n) is 6.72. The van der Waals surface area contributed by atoms with Crippen molar-refractivity contribution in [3.05, 3.63) is 71.2 Å². The molecule has 0 aliphatic rings. The number of nitrogens with zero attached hydrogens (tertiary/aromatic N) is 1. The molecule has 0 bridgehead atoms. The van der Waals surface area contributed by atoms with Crippen LogP contribution >= 0.6 is 27.7 Å². The molecule has 0 atom stereocenters. The Labute approximate surface area is 185 Å². The average molecular weight is 468 g/mol. The summed E-state index contributed by atoms with van der Waals surface area (Å²) in [4.78, 5) is 7.19. The standard InChI is InChI=1S/C20H14BrNOS.C5H12/c1-23-13-9-11-14(12-10-13)24-20-15-5-2-3-7-17(15)22-18-8-4-6-16(21)19(18)20;1-3-5-4-2/h2-12H,1H3;3-5H2,1-2H3. The number of benzene rings is 3. The summed E-state index contributed by atoms with van der Waals surface area (Å²) in [6, 6.07) is 22.6. The molecule has 0 amide bonds. The van der Waals surface area contributed by atoms with E-state index in [0.29, 0.717) is 0 Å². The van der Waals surface area contributed by atoms with E-state index < -0.39 is 0 Å². The van der Waals surface area contributed by atoms with Crippen molar-refractivity contribution in [3.8, 4) is 5.75 Å². The lowest BCUT2D eigenvalue weighted by Crippen LogP contribution is -1.88. The Morgan fingerprint density at radius 1 is 0.862 bits per heavy atom. The number of halogens is 1. The van der Waals surface area contributed by atoms with Crippen molar-refractivity contribution in [3.63, 3.8) is 0 Å². The fourth-order valence-electron chi connectivity index (χ4n) is 3.08. The van der Waals surface area contributed by atoms with Gasteiger partial charge < -0.3 is 4.74 Å². The van der Waals surface area contributed by atoms with Crippen LogP contribution in [0, 0.1) is 0 Å². The van der Waals surface area contributed by atoms with Gasteiger partial charge in [-0.05, 0) is 42.5 Å². The van der Waals surface area contributed by atoms with Crippen LogP contribution in [0.15, 0.2) is 81.0 Å². The molecule has 29 heavy (non-hydrogen) atoms. The molecule has 0 fully saturated rings. The van der Waals surface area contributed by atoms with Crippen molar-refractivity contribution in [1.82, 2.24) is 4.98 Å². The molecule has 0 aliphatic heterocycles. The number of rotatable bonds is 5. The van der Waals surface area contributed by atoms with Crippen LogP contribution < -0.4 is 4.74 Å². The minimum atomic E-state index is 0.866. The van der Waals surface area contributed by atoms with E-state index in [0.717, 1.165) is 32.0 Å². The van der Waals surface area contributed by atoms with E-state index in [9.17, 15) is 0 Å². The number of methoxy groups -OCH3 is 1. The minimum absolute atomic E-state index is 0.866. The van der Waals surface area contributed by atoms with Crippen LogP contribution in [0.3, 0.4) is 0 Å². The van der Waals surface area contributed by atoms with E-state index in [2.05, 4.69) is 72.2 Å². The first-order valence-corrected chi connectivity index (χ1v) is 11.6. The molecular formula is C25H26BrNOS. The second kappa shape index (κ2) is 10.7. The van der Waals surface area contributed by atoms with Gasteiger partial charge in [0.25, 0.3) is 0 Å². The number of fused-ring (bicyclic) bond motifs is 2. The van der Waals surface area contributed by atoms with Crippen molar-refractivity contribution >= 4 is 49.5 Å². The van der Waals surface area contributed by atoms with Gasteiger partial charge in [-0.2, -0.15) is 0 Å². The lowest BCUT2D eigenvalue weighted by atomic mass is 10.1. The molecule has 0 aliphatic carbocycles. The number of hydrogen-bond acceptors (Lipinski definition) is 3. The molecule has 0 saturated heterocycles. The Hall–Kier alpha value is -2.04. The zero-order valence-corrected chi connectivity index (χ0v) is 19.5. The second-order valence-corrected chi connectivity index (χ2v) is 8.66. The van der Waals surface area contributed by atoms with Crippen molar-refractivity contribution in [2.45, 2.75) is 42.9 Å². The molecule has 150 valence electrons. The summed E-state index contributed by atoms with van der Waals surface area (Å²) < 4.78 is 6.32. The fraction of sp³-hybridized carbons (Fsp3) is 0.240. The van der Waals surface area contributed by atoms with E-state index in [1.165, 1.54) is 29.1 Å². The third-order valence-electron chi connectivity index (χ3n) is 4.59. The highest BCUT2D eigenvalue weighted by molar-refractivity contribution is 9.10. The van der Waals surface area contributed by atoms with E-state index in [-0.39, 0.29) is 0 Å². The molecule has 0 saturated carbocycles. The highest BCUT2D eigenvalue weighted by Crippen LogP contribution is 2.41. The van der Waals surface area contributed by atoms with Crippen molar-refractivity contribution in [2.24, 2.45) is 0 Å². The predicted octanol–water partition coefficient (Wildman–Crippen LogP) is 8.51. The molecule has 3 aromatic carbocycles. The summed E-state index contributed by atoms with van der Waals surface area (Å²) in [5.41, 5.74) is 2.01. The molecule has 0 radical (unpaired) electrons. The van der Waals surface area contributed by atoms with Gasteiger partial charge in [-0.15, -0.1) is 0 Å². The van der Waals surface area contributed by atoms with Gasteiger partial charge in [0.05, 0.1) is 18.1 Å². The Morgan fingerprint density at radius 3 is 2.21 bits per heavy atom. The van der Waals surface area contributed by atoms with Crippen molar-refractivity contribution < 1.29 is 4.74 Å². The largest absolute Gasteiger partial charge is 0.497 e. The number of pyridine rings is 1. The third kappa shape index (κ3) is 5.31. The number of para-hydroxylation sites is 1. The Morgan fingerprint density at radius 2 is 1.55 bits per heavy atom. The number of ether oxygens (including phenoxy) is 1. The Balaban J connectivity index is 0.000000431. The fourth-order valence-corrected chi connectivity index (χ4v) is 4.87. The first-order chi connectivity index (χ1) is 14.2. The number of hydrogen-bond donors (Lipinski definition) is 0. The zero-order valence-electron chi connectivity index (χ0n) is 17.1. The third-order valence-corrected chi connectivity index (χ3v) is 6.39. The van der Waals surface area contributed by atoms with E-state index >= 15 is 0 Å². The monoisotopic (exact) mass is 467 g/mol. The Bertz CT molecular complexity index is 1080. The van der Waals surface area contributed by atoms with Crippen LogP contribution in [0.5, 0.6) is 5.75 Å². The average Bonchev–Trinajstić information content (AvgIpc) is 2.75. The molecule has 4 aromatic rings. The van der Waals surface area contributed by atoms with E-state index in [4.69, 9.17) is 9.72 Å². The Kier molecular flexibility index (Phi) is 7.96. The zero-order chi connectivity index (χ0) is 20.6. The van der Waals surface area contributed by atoms with Gasteiger partial charge in [-0.1, -0.05) is 85.1 Å². The first-order valence-electron chi connectivity index (χ1n) is 9.96. The SMILES string of the molecule is CCCCC.COc1ccc(Sc2c3ccccc3nc3cccc(Br)c23)cc1. The van der Waals surface area contributed by atoms with Crippen LogP contribution in [-0.4, -0.2) is 12.1 Å². The van der Waals surface area contributed by atoms with Crippen LogP contribution in [0.1, 0.15) is 33.1 Å². The van der Waals surface area contributed by atoms with Gasteiger partial charge >= 0.3 is 0 Å². The molecule has 4 rings (SSSR count). The van der Waals surface area contributed by atoms with Gasteiger partial charge in [0, 0.05) is 25.0 Å². The predicted molar refractivity (Wildman–Crippen MR) is 129 cm³/mol. The minimum Gasteiger partial charge on any atom is -0.497 e. The van der Waals surface area contributed by atoms with Gasteiger partial charge in [0.2, 0.25) is 0 Å². The van der Waals surface area contributed by atoms with Crippen molar-refractivity contribution in [1.29, 1.82) is 0 Å². The molecule has 0 spiro atoms. The number of unbranched alkanes of at least 4 members (excludes halogenated alkanes) is 2. The maximum Gasteiger partial charge on any atom is 0.118 e. The van der Waals surface area contributed by atoms with Gasteiger partial charge in [-0.25, -0.2) is 4.98 Å². The lowest BCUT2D eigenvalue weighted by molar-refractivity contribution is 0.414. The molecule has 0 unspecified atom stereocenters. The first kappa shape index (κ1) is 21.7. The quantitative estimate of drug-likeness (QED) is 0.274. The smallest absolute Gasteiger partial charge is 0.118 e. The van der Waals surface area contributed by atoms with E-state index in [1.54, 1.807) is 18.9 Å². The van der Waals surface area contributed by atoms with Gasteiger partial charge in [0.15, 0.2) is 0 Å². The number of aromatic nitrogens is 1. The topological polar surface area (TPSA) is 22.1 Å². The van der Waals surface area contributed by atoms with Crippen molar-refractivity contribution in [2.75, 3.05) is 7.11 Å². The lowest BCUT2D eigenvalue weighted by Gasteiger charge is -2.12. The van der Waals surface area contributed by atoms with Crippen LogP contribution in [-0.2, 0) is 0 Å². The summed E-state index contributed by atoms with van der Waals surface area (Å²) >= 11 is 5.45. The van der Waals surface area contributed by atoms with Crippen LogP contribution in [0.25, 0.3) is 21.8 Å². The van der Waals surface area contributed by atoms with E-state index in [1.807, 2.05) is 24.3 Å². The maximum absolute atomic E-state index is 5.25. The molecule has 1 aromatic heterocycles. The highest BCUT2D eigenvalue weighted by Gasteiger charge is 2.13. The summed E-state index contributed by atoms with van der Waals surface area (Å²) in [5, 5.41) is 2.31. The molecule has 2 nitrogen and oxygen atoms in total.